The Hall–Kier alpha value is -2.24. The minimum atomic E-state index is -0.303. The molecule has 1 unspecified atom stereocenters. The van der Waals surface area contributed by atoms with Crippen molar-refractivity contribution in [3.63, 3.8) is 0 Å². The van der Waals surface area contributed by atoms with Gasteiger partial charge in [-0.1, -0.05) is 18.2 Å². The van der Waals surface area contributed by atoms with Gasteiger partial charge in [-0.15, -0.1) is 10.2 Å². The van der Waals surface area contributed by atoms with Gasteiger partial charge in [0.15, 0.2) is 0 Å². The Morgan fingerprint density at radius 3 is 2.85 bits per heavy atom. The molecule has 0 radical (unpaired) electrons. The lowest BCUT2D eigenvalue weighted by Gasteiger charge is -2.32. The van der Waals surface area contributed by atoms with Gasteiger partial charge in [0.1, 0.15) is 18.0 Å². The molecule has 0 bridgehead atoms. The second-order valence-corrected chi connectivity index (χ2v) is 7.66. The average molecular weight is 356 g/mol. The highest BCUT2D eigenvalue weighted by Crippen LogP contribution is 2.31. The Bertz CT molecular complexity index is 771. The van der Waals surface area contributed by atoms with Crippen molar-refractivity contribution >= 4 is 5.91 Å². The second-order valence-electron chi connectivity index (χ2n) is 7.66. The van der Waals surface area contributed by atoms with Crippen LogP contribution in [0.3, 0.4) is 0 Å². The lowest BCUT2D eigenvalue weighted by Crippen LogP contribution is -2.41. The Morgan fingerprint density at radius 2 is 2.04 bits per heavy atom. The van der Waals surface area contributed by atoms with Crippen LogP contribution < -0.4 is 0 Å². The van der Waals surface area contributed by atoms with Crippen LogP contribution >= 0.6 is 0 Å². The number of carbonyl (C=O) groups is 1. The first-order valence-corrected chi connectivity index (χ1v) is 9.57. The van der Waals surface area contributed by atoms with E-state index >= 15 is 0 Å². The van der Waals surface area contributed by atoms with Crippen molar-refractivity contribution in [2.45, 2.75) is 45.1 Å². The first-order chi connectivity index (χ1) is 12.7. The van der Waals surface area contributed by atoms with Crippen molar-refractivity contribution in [1.29, 1.82) is 0 Å². The normalized spacial score (nSPS) is 20.3. The molecule has 138 valence electrons. The summed E-state index contributed by atoms with van der Waals surface area (Å²) in [7, 11) is 0. The summed E-state index contributed by atoms with van der Waals surface area (Å²) in [5, 5.41) is 8.38. The standard InChI is InChI=1S/C20H25FN4O/c21-18-6-2-1-5-17(18)11-20(26)24-9-3-4-16(13-24)10-19-23-22-14-25(19)12-15-7-8-15/h1-2,5-6,14-16H,3-4,7-13H2. The molecule has 0 N–H and O–H groups in total. The van der Waals surface area contributed by atoms with Crippen molar-refractivity contribution in [2.75, 3.05) is 13.1 Å². The summed E-state index contributed by atoms with van der Waals surface area (Å²) in [6.45, 7) is 2.51. The predicted octanol–water partition coefficient (Wildman–Crippen LogP) is 2.85. The molecule has 1 saturated heterocycles. The fourth-order valence-electron chi connectivity index (χ4n) is 3.80. The molecule has 5 nitrogen and oxygen atoms in total. The number of likely N-dealkylation sites (tertiary alicyclic amines) is 1. The minimum Gasteiger partial charge on any atom is -0.342 e. The van der Waals surface area contributed by atoms with Crippen molar-refractivity contribution in [3.05, 3.63) is 47.8 Å². The van der Waals surface area contributed by atoms with Crippen molar-refractivity contribution < 1.29 is 9.18 Å². The zero-order valence-electron chi connectivity index (χ0n) is 15.0. The molecule has 1 saturated carbocycles. The van der Waals surface area contributed by atoms with Crippen LogP contribution in [0, 0.1) is 17.7 Å². The molecular formula is C20H25FN4O. The number of piperidine rings is 1. The molecule has 6 heteroatoms. The molecular weight excluding hydrogens is 331 g/mol. The van der Waals surface area contributed by atoms with Gasteiger partial charge in [-0.2, -0.15) is 0 Å². The van der Waals surface area contributed by atoms with Crippen LogP contribution in [0.15, 0.2) is 30.6 Å². The molecule has 1 aromatic carbocycles. The van der Waals surface area contributed by atoms with E-state index in [0.29, 0.717) is 11.5 Å². The maximum Gasteiger partial charge on any atom is 0.227 e. The Kier molecular flexibility index (Phi) is 5.00. The minimum absolute atomic E-state index is 0.0132. The van der Waals surface area contributed by atoms with E-state index in [9.17, 15) is 9.18 Å². The van der Waals surface area contributed by atoms with Gasteiger partial charge >= 0.3 is 0 Å². The monoisotopic (exact) mass is 356 g/mol. The molecule has 1 aliphatic carbocycles. The molecule has 1 aromatic heterocycles. The fraction of sp³-hybridized carbons (Fsp3) is 0.550. The zero-order valence-corrected chi connectivity index (χ0v) is 15.0. The highest BCUT2D eigenvalue weighted by atomic mass is 19.1. The first kappa shape index (κ1) is 17.2. The smallest absolute Gasteiger partial charge is 0.227 e. The number of carbonyl (C=O) groups excluding carboxylic acids is 1. The fourth-order valence-corrected chi connectivity index (χ4v) is 3.80. The topological polar surface area (TPSA) is 51.0 Å². The van der Waals surface area contributed by atoms with Crippen molar-refractivity contribution in [2.24, 2.45) is 11.8 Å². The predicted molar refractivity (Wildman–Crippen MR) is 95.9 cm³/mol. The molecule has 1 atom stereocenters. The third-order valence-electron chi connectivity index (χ3n) is 5.49. The van der Waals surface area contributed by atoms with Gasteiger partial charge < -0.3 is 9.47 Å². The number of hydrogen-bond acceptors (Lipinski definition) is 3. The molecule has 4 rings (SSSR count). The molecule has 2 heterocycles. The first-order valence-electron chi connectivity index (χ1n) is 9.57. The molecule has 1 aliphatic heterocycles. The Labute approximate surface area is 153 Å². The summed E-state index contributed by atoms with van der Waals surface area (Å²) in [5.74, 6) is 1.93. The van der Waals surface area contributed by atoms with E-state index in [1.807, 2.05) is 11.2 Å². The van der Waals surface area contributed by atoms with Gasteiger partial charge in [0, 0.05) is 26.1 Å². The Morgan fingerprint density at radius 1 is 1.19 bits per heavy atom. The molecule has 2 fully saturated rings. The largest absolute Gasteiger partial charge is 0.342 e. The summed E-state index contributed by atoms with van der Waals surface area (Å²) in [6, 6.07) is 6.53. The van der Waals surface area contributed by atoms with Gasteiger partial charge in [-0.25, -0.2) is 4.39 Å². The van der Waals surface area contributed by atoms with Crippen LogP contribution in [-0.2, 0) is 24.2 Å². The number of hydrogen-bond donors (Lipinski definition) is 0. The van der Waals surface area contributed by atoms with Crippen LogP contribution in [0.1, 0.15) is 37.1 Å². The van der Waals surface area contributed by atoms with Gasteiger partial charge in [0.25, 0.3) is 0 Å². The van der Waals surface area contributed by atoms with E-state index in [1.165, 1.54) is 18.9 Å². The Balaban J connectivity index is 1.36. The van der Waals surface area contributed by atoms with Crippen LogP contribution in [0.5, 0.6) is 0 Å². The van der Waals surface area contributed by atoms with Gasteiger partial charge in [0.05, 0.1) is 6.42 Å². The van der Waals surface area contributed by atoms with Crippen molar-refractivity contribution in [1.82, 2.24) is 19.7 Å². The maximum atomic E-state index is 13.8. The zero-order chi connectivity index (χ0) is 17.9. The lowest BCUT2D eigenvalue weighted by molar-refractivity contribution is -0.132. The summed E-state index contributed by atoms with van der Waals surface area (Å²) < 4.78 is 16.0. The van der Waals surface area contributed by atoms with E-state index in [4.69, 9.17) is 0 Å². The summed E-state index contributed by atoms with van der Waals surface area (Å²) in [4.78, 5) is 14.5. The number of halogens is 1. The highest BCUT2D eigenvalue weighted by Gasteiger charge is 2.27. The highest BCUT2D eigenvalue weighted by molar-refractivity contribution is 5.78. The summed E-state index contributed by atoms with van der Waals surface area (Å²) >= 11 is 0. The van der Waals surface area contributed by atoms with E-state index < -0.39 is 0 Å². The number of nitrogens with zero attached hydrogens (tertiary/aromatic N) is 4. The number of amides is 1. The lowest BCUT2D eigenvalue weighted by atomic mass is 9.94. The molecule has 2 aromatic rings. The molecule has 26 heavy (non-hydrogen) atoms. The average Bonchev–Trinajstić information content (AvgIpc) is 3.36. The number of aromatic nitrogens is 3. The maximum absolute atomic E-state index is 13.8. The van der Waals surface area contributed by atoms with Crippen molar-refractivity contribution in [3.8, 4) is 0 Å². The molecule has 0 spiro atoms. The second kappa shape index (κ2) is 7.56. The number of rotatable bonds is 6. The SMILES string of the molecule is O=C(Cc1ccccc1F)N1CCCC(Cc2nncn2CC2CC2)C1. The van der Waals surface area contributed by atoms with E-state index in [2.05, 4.69) is 14.8 Å². The van der Waals surface area contributed by atoms with E-state index in [-0.39, 0.29) is 18.1 Å². The number of benzene rings is 1. The summed E-state index contributed by atoms with van der Waals surface area (Å²) in [6.07, 6.45) is 7.52. The quantitative estimate of drug-likeness (QED) is 0.800. The van der Waals surface area contributed by atoms with Crippen LogP contribution in [0.4, 0.5) is 4.39 Å². The molecule has 1 amide bonds. The third-order valence-corrected chi connectivity index (χ3v) is 5.49. The van der Waals surface area contributed by atoms with E-state index in [1.54, 1.807) is 18.2 Å². The summed E-state index contributed by atoms with van der Waals surface area (Å²) in [5.41, 5.74) is 0.476. The van der Waals surface area contributed by atoms with Crippen LogP contribution in [0.25, 0.3) is 0 Å². The van der Waals surface area contributed by atoms with Crippen LogP contribution in [-0.4, -0.2) is 38.7 Å². The van der Waals surface area contributed by atoms with Gasteiger partial charge in [-0.3, -0.25) is 4.79 Å². The van der Waals surface area contributed by atoms with E-state index in [0.717, 1.165) is 50.6 Å². The third kappa shape index (κ3) is 4.11. The van der Waals surface area contributed by atoms with Gasteiger partial charge in [0.2, 0.25) is 5.91 Å². The molecule has 2 aliphatic rings. The van der Waals surface area contributed by atoms with Crippen LogP contribution in [0.2, 0.25) is 0 Å². The van der Waals surface area contributed by atoms with Gasteiger partial charge in [-0.05, 0) is 49.1 Å².